The molecule has 0 unspecified atom stereocenters. The second-order valence-electron chi connectivity index (χ2n) is 6.04. The molecule has 0 atom stereocenters. The first-order valence-electron chi connectivity index (χ1n) is 8.78. The molecule has 144 valence electrons. The zero-order valence-corrected chi connectivity index (χ0v) is 16.4. The van der Waals surface area contributed by atoms with Crippen molar-refractivity contribution in [1.82, 2.24) is 0 Å². The molecule has 28 heavy (non-hydrogen) atoms. The fraction of sp³-hybridized carbons (Fsp3) is 0.190. The van der Waals surface area contributed by atoms with Gasteiger partial charge in [-0.15, -0.1) is 11.8 Å². The van der Waals surface area contributed by atoms with Crippen molar-refractivity contribution >= 4 is 40.9 Å². The molecule has 1 N–H and O–H groups in total. The Kier molecular flexibility index (Phi) is 6.16. The molecule has 0 bridgehead atoms. The number of amides is 3. The van der Waals surface area contributed by atoms with Crippen molar-refractivity contribution in [3.63, 3.8) is 0 Å². The molecular formula is C21H20N2O4S. The number of nitrogens with one attached hydrogen (secondary N) is 1. The maximum absolute atomic E-state index is 12.6. The van der Waals surface area contributed by atoms with Crippen molar-refractivity contribution in [2.75, 3.05) is 23.1 Å². The molecule has 0 radical (unpaired) electrons. The lowest BCUT2D eigenvalue weighted by atomic mass is 10.1. The van der Waals surface area contributed by atoms with Gasteiger partial charge in [0.25, 0.3) is 11.8 Å². The predicted molar refractivity (Wildman–Crippen MR) is 110 cm³/mol. The molecule has 1 heterocycles. The van der Waals surface area contributed by atoms with Crippen LogP contribution in [0.3, 0.4) is 0 Å². The standard InChI is InChI=1S/C21H20N2O4S/c1-3-14-8-10-15(11-9-14)23-20(25)12-18(21(23)26)28-13-19(24)22-16-6-4-5-7-17(16)27-2/h4-12H,3,13H2,1-2H3,(H,22,24). The first kappa shape index (κ1) is 19.7. The van der Waals surface area contributed by atoms with E-state index in [0.717, 1.165) is 28.6 Å². The van der Waals surface area contributed by atoms with Gasteiger partial charge in [0, 0.05) is 6.08 Å². The summed E-state index contributed by atoms with van der Waals surface area (Å²) in [6.07, 6.45) is 2.15. The summed E-state index contributed by atoms with van der Waals surface area (Å²) in [6.45, 7) is 2.04. The van der Waals surface area contributed by atoms with Crippen molar-refractivity contribution < 1.29 is 19.1 Å². The van der Waals surface area contributed by atoms with Crippen molar-refractivity contribution in [2.45, 2.75) is 13.3 Å². The molecule has 2 aromatic rings. The smallest absolute Gasteiger partial charge is 0.271 e. The number of hydrogen-bond acceptors (Lipinski definition) is 5. The minimum Gasteiger partial charge on any atom is -0.495 e. The molecule has 0 fully saturated rings. The number of aryl methyl sites for hydroxylation is 1. The van der Waals surface area contributed by atoms with E-state index in [1.54, 1.807) is 36.4 Å². The Bertz CT molecular complexity index is 938. The summed E-state index contributed by atoms with van der Waals surface area (Å²) in [7, 11) is 1.52. The van der Waals surface area contributed by atoms with Gasteiger partial charge in [-0.25, -0.2) is 4.90 Å². The van der Waals surface area contributed by atoms with Gasteiger partial charge in [0.15, 0.2) is 0 Å². The number of imide groups is 1. The Hall–Kier alpha value is -3.06. The van der Waals surface area contributed by atoms with Crippen LogP contribution in [0.5, 0.6) is 5.75 Å². The Morgan fingerprint density at radius 2 is 1.82 bits per heavy atom. The summed E-state index contributed by atoms with van der Waals surface area (Å²) in [5.74, 6) is -0.549. The van der Waals surface area contributed by atoms with E-state index in [1.165, 1.54) is 13.2 Å². The first-order valence-corrected chi connectivity index (χ1v) is 9.76. The van der Waals surface area contributed by atoms with E-state index in [0.29, 0.717) is 17.1 Å². The van der Waals surface area contributed by atoms with Crippen LogP contribution in [-0.4, -0.2) is 30.6 Å². The summed E-state index contributed by atoms with van der Waals surface area (Å²) in [5, 5.41) is 2.75. The first-order chi connectivity index (χ1) is 13.5. The van der Waals surface area contributed by atoms with Crippen LogP contribution in [-0.2, 0) is 20.8 Å². The molecule has 0 spiro atoms. The second-order valence-corrected chi connectivity index (χ2v) is 7.06. The van der Waals surface area contributed by atoms with Gasteiger partial charge in [-0.2, -0.15) is 0 Å². The minimum absolute atomic E-state index is 0.00547. The molecule has 1 aliphatic heterocycles. The third kappa shape index (κ3) is 4.26. The van der Waals surface area contributed by atoms with Gasteiger partial charge >= 0.3 is 0 Å². The third-order valence-corrected chi connectivity index (χ3v) is 5.24. The SMILES string of the molecule is CCc1ccc(N2C(=O)C=C(SCC(=O)Nc3ccccc3OC)C2=O)cc1. The lowest BCUT2D eigenvalue weighted by Gasteiger charge is -2.15. The van der Waals surface area contributed by atoms with Crippen LogP contribution >= 0.6 is 11.8 Å². The highest BCUT2D eigenvalue weighted by Crippen LogP contribution is 2.29. The van der Waals surface area contributed by atoms with Crippen LogP contribution in [0.1, 0.15) is 12.5 Å². The molecule has 7 heteroatoms. The van der Waals surface area contributed by atoms with Gasteiger partial charge in [-0.3, -0.25) is 14.4 Å². The van der Waals surface area contributed by atoms with Gasteiger partial charge in [0.1, 0.15) is 5.75 Å². The van der Waals surface area contributed by atoms with Crippen LogP contribution in [0.2, 0.25) is 0 Å². The van der Waals surface area contributed by atoms with Crippen LogP contribution in [0.4, 0.5) is 11.4 Å². The largest absolute Gasteiger partial charge is 0.495 e. The zero-order chi connectivity index (χ0) is 20.1. The molecule has 3 rings (SSSR count). The van der Waals surface area contributed by atoms with Crippen LogP contribution in [0.25, 0.3) is 0 Å². The third-order valence-electron chi connectivity index (χ3n) is 4.23. The number of ether oxygens (including phenoxy) is 1. The van der Waals surface area contributed by atoms with Crippen LogP contribution in [0, 0.1) is 0 Å². The Morgan fingerprint density at radius 1 is 1.11 bits per heavy atom. The maximum atomic E-state index is 12.6. The zero-order valence-electron chi connectivity index (χ0n) is 15.6. The molecule has 0 saturated heterocycles. The number of methoxy groups -OCH3 is 1. The normalized spacial score (nSPS) is 13.5. The van der Waals surface area contributed by atoms with Crippen LogP contribution < -0.4 is 15.0 Å². The van der Waals surface area contributed by atoms with E-state index in [4.69, 9.17) is 4.74 Å². The number of nitrogens with zero attached hydrogens (tertiary/aromatic N) is 1. The summed E-state index contributed by atoms with van der Waals surface area (Å²) in [6, 6.07) is 14.4. The number of benzene rings is 2. The van der Waals surface area contributed by atoms with Crippen molar-refractivity contribution in [1.29, 1.82) is 0 Å². The Balaban J connectivity index is 1.62. The maximum Gasteiger partial charge on any atom is 0.271 e. The summed E-state index contributed by atoms with van der Waals surface area (Å²) < 4.78 is 5.20. The van der Waals surface area contributed by atoms with E-state index in [-0.39, 0.29) is 16.6 Å². The second kappa shape index (κ2) is 8.75. The van der Waals surface area contributed by atoms with E-state index in [1.807, 2.05) is 19.1 Å². The van der Waals surface area contributed by atoms with Gasteiger partial charge in [0.05, 0.1) is 29.1 Å². The number of carbonyl (C=O) groups is 3. The van der Waals surface area contributed by atoms with E-state index in [2.05, 4.69) is 5.32 Å². The van der Waals surface area contributed by atoms with E-state index < -0.39 is 11.8 Å². The highest BCUT2D eigenvalue weighted by atomic mass is 32.2. The molecule has 0 aliphatic carbocycles. The molecule has 3 amide bonds. The molecule has 2 aromatic carbocycles. The molecular weight excluding hydrogens is 376 g/mol. The van der Waals surface area contributed by atoms with Crippen molar-refractivity contribution in [3.8, 4) is 5.75 Å². The lowest BCUT2D eigenvalue weighted by Crippen LogP contribution is -2.30. The number of hydrogen-bond donors (Lipinski definition) is 1. The number of thioether (sulfide) groups is 1. The fourth-order valence-corrected chi connectivity index (χ4v) is 3.51. The number of anilines is 2. The Labute approximate surface area is 167 Å². The monoisotopic (exact) mass is 396 g/mol. The van der Waals surface area contributed by atoms with Gasteiger partial charge in [-0.05, 0) is 36.2 Å². The fourth-order valence-electron chi connectivity index (χ4n) is 2.75. The minimum atomic E-state index is -0.413. The Morgan fingerprint density at radius 3 is 2.50 bits per heavy atom. The van der Waals surface area contributed by atoms with Gasteiger partial charge in [-0.1, -0.05) is 31.2 Å². The summed E-state index contributed by atoms with van der Waals surface area (Å²) in [4.78, 5) is 38.5. The van der Waals surface area contributed by atoms with Gasteiger partial charge < -0.3 is 10.1 Å². The number of carbonyl (C=O) groups excluding carboxylic acids is 3. The molecule has 0 saturated carbocycles. The topological polar surface area (TPSA) is 75.7 Å². The highest BCUT2D eigenvalue weighted by molar-refractivity contribution is 8.04. The molecule has 6 nitrogen and oxygen atoms in total. The van der Waals surface area contributed by atoms with E-state index in [9.17, 15) is 14.4 Å². The summed E-state index contributed by atoms with van der Waals surface area (Å²) >= 11 is 1.04. The quantitative estimate of drug-likeness (QED) is 0.726. The highest BCUT2D eigenvalue weighted by Gasteiger charge is 2.32. The number of rotatable bonds is 7. The van der Waals surface area contributed by atoms with Crippen molar-refractivity contribution in [2.24, 2.45) is 0 Å². The predicted octanol–water partition coefficient (Wildman–Crippen LogP) is 3.39. The molecule has 1 aliphatic rings. The lowest BCUT2D eigenvalue weighted by molar-refractivity contribution is -0.120. The van der Waals surface area contributed by atoms with Crippen molar-refractivity contribution in [3.05, 3.63) is 65.1 Å². The van der Waals surface area contributed by atoms with E-state index >= 15 is 0 Å². The average molecular weight is 396 g/mol. The van der Waals surface area contributed by atoms with Crippen LogP contribution in [0.15, 0.2) is 59.5 Å². The summed E-state index contributed by atoms with van der Waals surface area (Å²) in [5.41, 5.74) is 2.20. The average Bonchev–Trinajstić information content (AvgIpc) is 3.00. The number of para-hydroxylation sites is 2. The molecule has 0 aromatic heterocycles. The van der Waals surface area contributed by atoms with Gasteiger partial charge in [0.2, 0.25) is 5.91 Å².